The van der Waals surface area contributed by atoms with E-state index >= 15 is 0 Å². The second-order valence-corrected chi connectivity index (χ2v) is 3.17. The molecule has 0 aliphatic carbocycles. The Balaban J connectivity index is 2.88. The molecule has 0 saturated heterocycles. The first-order valence-electron chi connectivity index (χ1n) is 4.94. The zero-order chi connectivity index (χ0) is 12.8. The number of ether oxygens (including phenoxy) is 1. The summed E-state index contributed by atoms with van der Waals surface area (Å²) in [7, 11) is 0. The topological polar surface area (TPSA) is 98.5 Å². The number of hydrogen-bond donors (Lipinski definition) is 2. The molecule has 6 heteroatoms. The summed E-state index contributed by atoms with van der Waals surface area (Å²) in [4.78, 5) is 33.6. The molecule has 0 atom stereocenters. The highest BCUT2D eigenvalue weighted by molar-refractivity contribution is 6.00. The Morgan fingerprint density at radius 1 is 1.29 bits per heavy atom. The highest BCUT2D eigenvalue weighted by Crippen LogP contribution is 2.07. The minimum Gasteiger partial charge on any atom is -0.389 e. The van der Waals surface area contributed by atoms with Crippen LogP contribution in [-0.2, 0) is 9.53 Å². The third-order valence-electron chi connectivity index (χ3n) is 1.99. The molecule has 3 N–H and O–H groups in total. The van der Waals surface area contributed by atoms with Gasteiger partial charge in [-0.3, -0.25) is 15.0 Å². The van der Waals surface area contributed by atoms with Crippen molar-refractivity contribution in [2.75, 3.05) is 0 Å². The molecule has 1 aromatic carbocycles. The first-order valence-corrected chi connectivity index (χ1v) is 4.94. The maximum absolute atomic E-state index is 11.5. The van der Waals surface area contributed by atoms with E-state index in [1.54, 1.807) is 6.92 Å². The number of nitrogens with one attached hydrogen (secondary N) is 1. The summed E-state index contributed by atoms with van der Waals surface area (Å²) in [6.45, 7) is 1.58. The Hall–Kier alpha value is -2.21. The summed E-state index contributed by atoms with van der Waals surface area (Å²) in [5, 5.41) is 0. The summed E-state index contributed by atoms with van der Waals surface area (Å²) in [5.74, 6) is 3.03. The highest BCUT2D eigenvalue weighted by Gasteiger charge is 2.13. The van der Waals surface area contributed by atoms with Gasteiger partial charge in [0.1, 0.15) is 0 Å². The lowest BCUT2D eigenvalue weighted by atomic mass is 10.1. The Kier molecular flexibility index (Phi) is 4.36. The van der Waals surface area contributed by atoms with E-state index in [9.17, 15) is 14.4 Å². The number of benzene rings is 1. The van der Waals surface area contributed by atoms with E-state index in [4.69, 9.17) is 5.84 Å². The van der Waals surface area contributed by atoms with Crippen molar-refractivity contribution >= 4 is 17.8 Å². The van der Waals surface area contributed by atoms with Gasteiger partial charge in [0, 0.05) is 12.0 Å². The summed E-state index contributed by atoms with van der Waals surface area (Å²) >= 11 is 0. The number of amides is 1. The van der Waals surface area contributed by atoms with E-state index in [0.717, 1.165) is 0 Å². The van der Waals surface area contributed by atoms with Crippen molar-refractivity contribution in [1.29, 1.82) is 0 Å². The van der Waals surface area contributed by atoms with Gasteiger partial charge in [-0.15, -0.1) is 0 Å². The quantitative estimate of drug-likeness (QED) is 0.260. The molecule has 0 heterocycles. The van der Waals surface area contributed by atoms with Gasteiger partial charge in [0.15, 0.2) is 0 Å². The Morgan fingerprint density at radius 3 is 2.53 bits per heavy atom. The predicted octanol–water partition coefficient (Wildman–Crippen LogP) is 0.383. The smallest absolute Gasteiger partial charge is 0.345 e. The Bertz CT molecular complexity index is 457. The fourth-order valence-corrected chi connectivity index (χ4v) is 1.11. The maximum atomic E-state index is 11.5. The summed E-state index contributed by atoms with van der Waals surface area (Å²) in [6.07, 6.45) is 0.106. The fraction of sp³-hybridized carbons (Fsp3) is 0.182. The lowest BCUT2D eigenvalue weighted by molar-refractivity contribution is -0.137. The van der Waals surface area contributed by atoms with Crippen LogP contribution in [-0.4, -0.2) is 17.8 Å². The minimum atomic E-state index is -0.788. The highest BCUT2D eigenvalue weighted by atomic mass is 16.6. The normalized spacial score (nSPS) is 9.53. The van der Waals surface area contributed by atoms with Crippen molar-refractivity contribution in [1.82, 2.24) is 5.43 Å². The number of rotatable bonds is 3. The molecule has 0 bridgehead atoms. The number of esters is 2. The number of nitrogens with two attached hydrogens (primary N) is 1. The van der Waals surface area contributed by atoms with Crippen molar-refractivity contribution in [3.8, 4) is 0 Å². The molecule has 90 valence electrons. The van der Waals surface area contributed by atoms with Gasteiger partial charge < -0.3 is 4.74 Å². The van der Waals surface area contributed by atoms with Gasteiger partial charge in [-0.2, -0.15) is 0 Å². The SMILES string of the molecule is CCC(=O)OC(=O)c1cccc(C(=O)NN)c1. The van der Waals surface area contributed by atoms with Crippen LogP contribution in [0.2, 0.25) is 0 Å². The van der Waals surface area contributed by atoms with Gasteiger partial charge in [-0.1, -0.05) is 13.0 Å². The van der Waals surface area contributed by atoms with Crippen molar-refractivity contribution in [2.45, 2.75) is 13.3 Å². The van der Waals surface area contributed by atoms with E-state index < -0.39 is 17.8 Å². The standard InChI is InChI=1S/C11H12N2O4/c1-2-9(14)17-11(16)8-5-3-4-7(6-8)10(15)13-12/h3-6H,2,12H2,1H3,(H,13,15). The molecule has 17 heavy (non-hydrogen) atoms. The molecular formula is C11H12N2O4. The van der Waals surface area contributed by atoms with Gasteiger partial charge in [-0.05, 0) is 18.2 Å². The van der Waals surface area contributed by atoms with Gasteiger partial charge >= 0.3 is 11.9 Å². The van der Waals surface area contributed by atoms with Crippen LogP contribution in [0.15, 0.2) is 24.3 Å². The third kappa shape index (κ3) is 3.39. The second-order valence-electron chi connectivity index (χ2n) is 3.17. The first-order chi connectivity index (χ1) is 8.08. The zero-order valence-corrected chi connectivity index (χ0v) is 9.23. The van der Waals surface area contributed by atoms with E-state index in [2.05, 4.69) is 4.74 Å². The van der Waals surface area contributed by atoms with E-state index in [1.165, 1.54) is 24.3 Å². The molecule has 1 amide bonds. The molecule has 0 fully saturated rings. The molecule has 1 aromatic rings. The van der Waals surface area contributed by atoms with Crippen LogP contribution in [0.5, 0.6) is 0 Å². The molecule has 0 saturated carbocycles. The molecule has 6 nitrogen and oxygen atoms in total. The summed E-state index contributed by atoms with van der Waals surface area (Å²) < 4.78 is 4.51. The van der Waals surface area contributed by atoms with Crippen molar-refractivity contribution < 1.29 is 19.1 Å². The molecule has 0 aliphatic heterocycles. The van der Waals surface area contributed by atoms with E-state index in [-0.39, 0.29) is 17.5 Å². The largest absolute Gasteiger partial charge is 0.389 e. The molecule has 0 unspecified atom stereocenters. The minimum absolute atomic E-state index is 0.106. The van der Waals surface area contributed by atoms with Gasteiger partial charge in [0.25, 0.3) is 5.91 Å². The van der Waals surface area contributed by atoms with Crippen LogP contribution in [0, 0.1) is 0 Å². The van der Waals surface area contributed by atoms with Gasteiger partial charge in [0.05, 0.1) is 5.56 Å². The number of carbonyl (C=O) groups is 3. The van der Waals surface area contributed by atoms with Crippen LogP contribution in [0.3, 0.4) is 0 Å². The second kappa shape index (κ2) is 5.76. The average molecular weight is 236 g/mol. The maximum Gasteiger partial charge on any atom is 0.345 e. The van der Waals surface area contributed by atoms with Gasteiger partial charge in [-0.25, -0.2) is 10.6 Å². The van der Waals surface area contributed by atoms with Crippen LogP contribution in [0.25, 0.3) is 0 Å². The van der Waals surface area contributed by atoms with Crippen molar-refractivity contribution in [2.24, 2.45) is 5.84 Å². The van der Waals surface area contributed by atoms with E-state index in [1.807, 2.05) is 5.43 Å². The average Bonchev–Trinajstić information content (AvgIpc) is 2.37. The van der Waals surface area contributed by atoms with Crippen LogP contribution in [0.4, 0.5) is 0 Å². The summed E-state index contributed by atoms with van der Waals surface area (Å²) in [6, 6.07) is 5.73. The van der Waals surface area contributed by atoms with Crippen LogP contribution in [0.1, 0.15) is 34.1 Å². The molecule has 0 aromatic heterocycles. The van der Waals surface area contributed by atoms with Gasteiger partial charge in [0.2, 0.25) is 0 Å². The Labute approximate surface area is 97.7 Å². The first kappa shape index (κ1) is 12.9. The third-order valence-corrected chi connectivity index (χ3v) is 1.99. The molecule has 0 spiro atoms. The lowest BCUT2D eigenvalue weighted by Crippen LogP contribution is -2.30. The number of hydrazine groups is 1. The molecule has 0 radical (unpaired) electrons. The van der Waals surface area contributed by atoms with Crippen molar-refractivity contribution in [3.05, 3.63) is 35.4 Å². The Morgan fingerprint density at radius 2 is 1.94 bits per heavy atom. The predicted molar refractivity (Wildman–Crippen MR) is 58.8 cm³/mol. The summed E-state index contributed by atoms with van der Waals surface area (Å²) in [5.41, 5.74) is 2.27. The number of nitrogen functional groups attached to an aromatic ring is 1. The lowest BCUT2D eigenvalue weighted by Gasteiger charge is -2.03. The molecule has 1 rings (SSSR count). The monoisotopic (exact) mass is 236 g/mol. The van der Waals surface area contributed by atoms with Crippen LogP contribution < -0.4 is 11.3 Å². The van der Waals surface area contributed by atoms with Crippen molar-refractivity contribution in [3.63, 3.8) is 0 Å². The molecule has 0 aliphatic rings. The number of hydrogen-bond acceptors (Lipinski definition) is 5. The fourth-order valence-electron chi connectivity index (χ4n) is 1.11. The van der Waals surface area contributed by atoms with Crippen LogP contribution >= 0.6 is 0 Å². The zero-order valence-electron chi connectivity index (χ0n) is 9.23. The van der Waals surface area contributed by atoms with E-state index in [0.29, 0.717) is 0 Å². The number of carbonyl (C=O) groups excluding carboxylic acids is 3. The molecular weight excluding hydrogens is 224 g/mol.